The lowest BCUT2D eigenvalue weighted by Crippen LogP contribution is -2.46. The third kappa shape index (κ3) is 1.37. The van der Waals surface area contributed by atoms with Crippen molar-refractivity contribution in [2.45, 2.75) is 38.3 Å². The van der Waals surface area contributed by atoms with E-state index >= 15 is 0 Å². The zero-order chi connectivity index (χ0) is 10.4. The summed E-state index contributed by atoms with van der Waals surface area (Å²) >= 11 is 0. The Morgan fingerprint density at radius 3 is 1.87 bits per heavy atom. The van der Waals surface area contributed by atoms with Crippen LogP contribution in [0.3, 0.4) is 0 Å². The summed E-state index contributed by atoms with van der Waals surface area (Å²) in [4.78, 5) is 0. The van der Waals surface area contributed by atoms with Gasteiger partial charge in [-0.3, -0.25) is 0 Å². The molecule has 1 aliphatic heterocycles. The van der Waals surface area contributed by atoms with Gasteiger partial charge in [-0.25, -0.2) is 0 Å². The summed E-state index contributed by atoms with van der Waals surface area (Å²) in [6, 6.07) is 0. The van der Waals surface area contributed by atoms with Crippen LogP contribution in [0.5, 0.6) is 0 Å². The molecule has 0 N–H and O–H groups in total. The second-order valence-corrected chi connectivity index (χ2v) is 5.16. The first-order valence-corrected chi connectivity index (χ1v) is 6.06. The fourth-order valence-electron chi connectivity index (χ4n) is 4.17. The molecular weight excluding hydrogens is 192 g/mol. The normalized spacial score (nSPS) is 53.2. The third-order valence-corrected chi connectivity index (χ3v) is 4.71. The van der Waals surface area contributed by atoms with Crippen molar-refractivity contribution < 1.29 is 14.2 Å². The van der Waals surface area contributed by atoms with Crippen molar-refractivity contribution in [3.63, 3.8) is 0 Å². The number of hydrogen-bond donors (Lipinski definition) is 0. The molecule has 6 atom stereocenters. The van der Waals surface area contributed by atoms with E-state index in [0.717, 1.165) is 11.8 Å². The topological polar surface area (TPSA) is 27.7 Å². The lowest BCUT2D eigenvalue weighted by molar-refractivity contribution is -0.302. The molecule has 2 unspecified atom stereocenters. The van der Waals surface area contributed by atoms with E-state index in [2.05, 4.69) is 0 Å². The number of hydrogen-bond acceptors (Lipinski definition) is 3. The zero-order valence-corrected chi connectivity index (χ0v) is 9.52. The zero-order valence-electron chi connectivity index (χ0n) is 9.52. The molecule has 3 heteroatoms. The molecule has 1 saturated heterocycles. The molecule has 3 nitrogen and oxygen atoms in total. The van der Waals surface area contributed by atoms with Gasteiger partial charge >= 0.3 is 0 Å². The molecule has 3 rings (SSSR count). The maximum atomic E-state index is 5.88. The highest BCUT2D eigenvalue weighted by atomic mass is 16.8. The van der Waals surface area contributed by atoms with Gasteiger partial charge in [-0.15, -0.1) is 0 Å². The Morgan fingerprint density at radius 1 is 0.867 bits per heavy atom. The fourth-order valence-corrected chi connectivity index (χ4v) is 4.17. The largest absolute Gasteiger partial charge is 0.355 e. The quantitative estimate of drug-likeness (QED) is 0.701. The fraction of sp³-hybridized carbons (Fsp3) is 1.00. The maximum Gasteiger partial charge on any atom is 0.163 e. The van der Waals surface area contributed by atoms with E-state index in [4.69, 9.17) is 14.2 Å². The van der Waals surface area contributed by atoms with Gasteiger partial charge in [0.25, 0.3) is 0 Å². The maximum absolute atomic E-state index is 5.88. The summed E-state index contributed by atoms with van der Waals surface area (Å²) in [5.41, 5.74) is 0. The predicted molar refractivity (Wildman–Crippen MR) is 55.1 cm³/mol. The molecule has 3 aliphatic rings. The minimum Gasteiger partial charge on any atom is -0.355 e. The van der Waals surface area contributed by atoms with Gasteiger partial charge in [-0.1, -0.05) is 0 Å². The SMILES string of the molecule is CO[C@H]1O[C@@H](OC)[C@H]2CCC3CC[C@@H]1C32. The van der Waals surface area contributed by atoms with Gasteiger partial charge in [-0.2, -0.15) is 0 Å². The first kappa shape index (κ1) is 10.1. The van der Waals surface area contributed by atoms with Crippen molar-refractivity contribution in [1.82, 2.24) is 0 Å². The summed E-state index contributed by atoms with van der Waals surface area (Å²) in [5, 5.41) is 0. The highest BCUT2D eigenvalue weighted by Gasteiger charge is 2.55. The molecule has 0 aromatic rings. The van der Waals surface area contributed by atoms with E-state index in [1.165, 1.54) is 25.7 Å². The Bertz CT molecular complexity index is 221. The van der Waals surface area contributed by atoms with Crippen LogP contribution in [0.4, 0.5) is 0 Å². The second kappa shape index (κ2) is 3.72. The van der Waals surface area contributed by atoms with Gasteiger partial charge in [0.05, 0.1) is 0 Å². The molecule has 86 valence electrons. The van der Waals surface area contributed by atoms with Gasteiger partial charge in [-0.05, 0) is 37.5 Å². The van der Waals surface area contributed by atoms with Crippen LogP contribution < -0.4 is 0 Å². The summed E-state index contributed by atoms with van der Waals surface area (Å²) in [5.74, 6) is 2.96. The molecule has 0 aromatic heterocycles. The standard InChI is InChI=1S/C12H20O3/c1-13-11-8-5-3-7-4-6-9(10(7)8)12(14-2)15-11/h7-12H,3-6H2,1-2H3/t7?,8-,9+,10?,11+,12-. The minimum atomic E-state index is -0.0284. The number of ether oxygens (including phenoxy) is 3. The number of methoxy groups -OCH3 is 2. The van der Waals surface area contributed by atoms with Crippen LogP contribution in [-0.4, -0.2) is 26.8 Å². The highest BCUT2D eigenvalue weighted by Crippen LogP contribution is 2.56. The number of rotatable bonds is 2. The van der Waals surface area contributed by atoms with Crippen LogP contribution in [0, 0.1) is 23.7 Å². The molecule has 15 heavy (non-hydrogen) atoms. The van der Waals surface area contributed by atoms with E-state index in [1.807, 2.05) is 0 Å². The Labute approximate surface area is 91.1 Å². The molecule has 1 heterocycles. The van der Waals surface area contributed by atoms with Crippen molar-refractivity contribution >= 4 is 0 Å². The summed E-state index contributed by atoms with van der Waals surface area (Å²) < 4.78 is 16.8. The molecule has 3 fully saturated rings. The van der Waals surface area contributed by atoms with E-state index < -0.39 is 0 Å². The van der Waals surface area contributed by atoms with Crippen LogP contribution in [0.1, 0.15) is 25.7 Å². The van der Waals surface area contributed by atoms with Gasteiger partial charge in [0.1, 0.15) is 0 Å². The predicted octanol–water partition coefficient (Wildman–Crippen LogP) is 2.01. The van der Waals surface area contributed by atoms with Crippen molar-refractivity contribution in [3.8, 4) is 0 Å². The first-order valence-electron chi connectivity index (χ1n) is 6.06. The second-order valence-electron chi connectivity index (χ2n) is 5.16. The highest BCUT2D eigenvalue weighted by molar-refractivity contribution is 4.99. The van der Waals surface area contributed by atoms with Gasteiger partial charge < -0.3 is 14.2 Å². The molecule has 2 saturated carbocycles. The van der Waals surface area contributed by atoms with Crippen LogP contribution >= 0.6 is 0 Å². The molecular formula is C12H20O3. The Hall–Kier alpha value is -0.120. The van der Waals surface area contributed by atoms with Crippen molar-refractivity contribution in [2.24, 2.45) is 23.7 Å². The van der Waals surface area contributed by atoms with Crippen LogP contribution in [0.25, 0.3) is 0 Å². The molecule has 0 bridgehead atoms. The molecule has 2 aliphatic carbocycles. The van der Waals surface area contributed by atoms with Gasteiger partial charge in [0, 0.05) is 26.1 Å². The lowest BCUT2D eigenvalue weighted by Gasteiger charge is -2.41. The first-order chi connectivity index (χ1) is 7.35. The summed E-state index contributed by atoms with van der Waals surface area (Å²) in [6.07, 6.45) is 5.23. The van der Waals surface area contributed by atoms with E-state index in [0.29, 0.717) is 11.8 Å². The summed E-state index contributed by atoms with van der Waals surface area (Å²) in [7, 11) is 3.50. The van der Waals surface area contributed by atoms with Gasteiger partial charge in [0.15, 0.2) is 12.6 Å². The molecule has 0 spiro atoms. The Balaban J connectivity index is 1.85. The van der Waals surface area contributed by atoms with E-state index in [9.17, 15) is 0 Å². The van der Waals surface area contributed by atoms with Crippen molar-refractivity contribution in [2.75, 3.05) is 14.2 Å². The van der Waals surface area contributed by atoms with Crippen LogP contribution in [-0.2, 0) is 14.2 Å². The van der Waals surface area contributed by atoms with Gasteiger partial charge in [0.2, 0.25) is 0 Å². The molecule has 0 aromatic carbocycles. The van der Waals surface area contributed by atoms with E-state index in [1.54, 1.807) is 14.2 Å². The monoisotopic (exact) mass is 212 g/mol. The van der Waals surface area contributed by atoms with E-state index in [-0.39, 0.29) is 12.6 Å². The summed E-state index contributed by atoms with van der Waals surface area (Å²) in [6.45, 7) is 0. The lowest BCUT2D eigenvalue weighted by atomic mass is 9.81. The average Bonchev–Trinajstić information content (AvgIpc) is 2.86. The van der Waals surface area contributed by atoms with Crippen LogP contribution in [0.15, 0.2) is 0 Å². The smallest absolute Gasteiger partial charge is 0.163 e. The average molecular weight is 212 g/mol. The van der Waals surface area contributed by atoms with Crippen molar-refractivity contribution in [1.29, 1.82) is 0 Å². The Morgan fingerprint density at radius 2 is 1.40 bits per heavy atom. The molecule has 0 radical (unpaired) electrons. The Kier molecular flexibility index (Phi) is 2.49. The molecule has 0 amide bonds. The third-order valence-electron chi connectivity index (χ3n) is 4.71. The van der Waals surface area contributed by atoms with Crippen molar-refractivity contribution in [3.05, 3.63) is 0 Å². The minimum absolute atomic E-state index is 0.0284. The van der Waals surface area contributed by atoms with Crippen LogP contribution in [0.2, 0.25) is 0 Å².